The third kappa shape index (κ3) is 3.71. The molecule has 0 fully saturated rings. The van der Waals surface area contributed by atoms with Gasteiger partial charge in [-0.2, -0.15) is 0 Å². The third-order valence-corrected chi connectivity index (χ3v) is 5.25. The SMILES string of the molecule is Cc1ccc(-c2nc(Nc3cccc(S(N)(=O)=O)c3)c3ccccc3n2)cc1. The first-order chi connectivity index (χ1) is 13.4. The van der Waals surface area contributed by atoms with E-state index in [0.717, 1.165) is 22.0 Å². The number of nitrogens with one attached hydrogen (secondary N) is 1. The van der Waals surface area contributed by atoms with E-state index in [1.54, 1.807) is 12.1 Å². The van der Waals surface area contributed by atoms with Gasteiger partial charge in [0.2, 0.25) is 10.0 Å². The average molecular weight is 390 g/mol. The Bertz CT molecular complexity index is 1270. The summed E-state index contributed by atoms with van der Waals surface area (Å²) < 4.78 is 23.3. The number of para-hydroxylation sites is 1. The summed E-state index contributed by atoms with van der Waals surface area (Å²) in [4.78, 5) is 9.39. The van der Waals surface area contributed by atoms with Crippen molar-refractivity contribution in [3.8, 4) is 11.4 Å². The van der Waals surface area contributed by atoms with Crippen LogP contribution in [-0.4, -0.2) is 18.4 Å². The largest absolute Gasteiger partial charge is 0.340 e. The van der Waals surface area contributed by atoms with Gasteiger partial charge in [-0.3, -0.25) is 0 Å². The van der Waals surface area contributed by atoms with E-state index in [4.69, 9.17) is 5.14 Å². The fraction of sp³-hybridized carbons (Fsp3) is 0.0476. The number of hydrogen-bond acceptors (Lipinski definition) is 5. The second kappa shape index (κ2) is 7.03. The first kappa shape index (κ1) is 18.1. The van der Waals surface area contributed by atoms with Gasteiger partial charge in [0.05, 0.1) is 10.4 Å². The molecule has 0 aliphatic heterocycles. The molecule has 1 heterocycles. The quantitative estimate of drug-likeness (QED) is 0.549. The standard InChI is InChI=1S/C21H18N4O2S/c1-14-9-11-15(12-10-14)20-24-19-8-3-2-7-18(19)21(25-20)23-16-5-4-6-17(13-16)28(22,26)27/h2-13H,1H3,(H2,22,26,27)(H,23,24,25). The third-order valence-electron chi connectivity index (χ3n) is 4.34. The molecule has 3 N–H and O–H groups in total. The lowest BCUT2D eigenvalue weighted by molar-refractivity contribution is 0.598. The van der Waals surface area contributed by atoms with E-state index in [9.17, 15) is 8.42 Å². The molecular weight excluding hydrogens is 372 g/mol. The number of anilines is 2. The number of rotatable bonds is 4. The van der Waals surface area contributed by atoms with Gasteiger partial charge in [0, 0.05) is 16.6 Å². The Morgan fingerprint density at radius 2 is 1.64 bits per heavy atom. The Morgan fingerprint density at radius 3 is 2.39 bits per heavy atom. The van der Waals surface area contributed by atoms with Crippen molar-refractivity contribution in [3.63, 3.8) is 0 Å². The Labute approximate surface area is 163 Å². The first-order valence-electron chi connectivity index (χ1n) is 8.64. The fourth-order valence-corrected chi connectivity index (χ4v) is 3.45. The van der Waals surface area contributed by atoms with Crippen molar-refractivity contribution in [3.05, 3.63) is 78.4 Å². The van der Waals surface area contributed by atoms with Gasteiger partial charge in [-0.15, -0.1) is 0 Å². The van der Waals surface area contributed by atoms with Crippen LogP contribution in [0.3, 0.4) is 0 Å². The number of nitrogens with two attached hydrogens (primary N) is 1. The molecule has 0 saturated heterocycles. The number of fused-ring (bicyclic) bond motifs is 1. The minimum Gasteiger partial charge on any atom is -0.340 e. The van der Waals surface area contributed by atoms with Crippen LogP contribution in [0.4, 0.5) is 11.5 Å². The maximum absolute atomic E-state index is 11.6. The molecule has 3 aromatic carbocycles. The summed E-state index contributed by atoms with van der Waals surface area (Å²) in [5.74, 6) is 1.18. The van der Waals surface area contributed by atoms with Gasteiger partial charge in [-0.1, -0.05) is 48.0 Å². The molecule has 1 aromatic heterocycles. The molecule has 0 aliphatic carbocycles. The maximum Gasteiger partial charge on any atom is 0.238 e. The summed E-state index contributed by atoms with van der Waals surface area (Å²) in [6.45, 7) is 2.02. The zero-order chi connectivity index (χ0) is 19.7. The molecule has 0 saturated carbocycles. The molecular formula is C21H18N4O2S. The number of primary sulfonamides is 1. The van der Waals surface area contributed by atoms with Gasteiger partial charge in [-0.25, -0.2) is 23.5 Å². The molecule has 6 nitrogen and oxygen atoms in total. The molecule has 0 aliphatic rings. The Morgan fingerprint density at radius 1 is 0.893 bits per heavy atom. The number of aromatic nitrogens is 2. The lowest BCUT2D eigenvalue weighted by Gasteiger charge is -2.12. The van der Waals surface area contributed by atoms with E-state index in [2.05, 4.69) is 15.3 Å². The van der Waals surface area contributed by atoms with Crippen LogP contribution in [-0.2, 0) is 10.0 Å². The van der Waals surface area contributed by atoms with E-state index in [0.29, 0.717) is 17.3 Å². The molecule has 0 unspecified atom stereocenters. The van der Waals surface area contributed by atoms with E-state index < -0.39 is 10.0 Å². The number of benzene rings is 3. The summed E-state index contributed by atoms with van der Waals surface area (Å²) >= 11 is 0. The van der Waals surface area contributed by atoms with Crippen LogP contribution < -0.4 is 10.5 Å². The number of sulfonamides is 1. The van der Waals surface area contributed by atoms with Crippen LogP contribution in [0.2, 0.25) is 0 Å². The molecule has 4 aromatic rings. The summed E-state index contributed by atoms with van der Waals surface area (Å²) in [6.07, 6.45) is 0. The normalized spacial score (nSPS) is 11.5. The van der Waals surface area contributed by atoms with Crippen molar-refractivity contribution in [1.29, 1.82) is 0 Å². The molecule has 0 amide bonds. The molecule has 140 valence electrons. The number of nitrogens with zero attached hydrogens (tertiary/aromatic N) is 2. The van der Waals surface area contributed by atoms with Crippen LogP contribution >= 0.6 is 0 Å². The molecule has 28 heavy (non-hydrogen) atoms. The topological polar surface area (TPSA) is 98.0 Å². The molecule has 4 rings (SSSR count). The fourth-order valence-electron chi connectivity index (χ4n) is 2.89. The van der Waals surface area contributed by atoms with Crippen LogP contribution in [0, 0.1) is 6.92 Å². The summed E-state index contributed by atoms with van der Waals surface area (Å²) in [6, 6.07) is 22.0. The van der Waals surface area contributed by atoms with Crippen LogP contribution in [0.15, 0.2) is 77.7 Å². The zero-order valence-electron chi connectivity index (χ0n) is 15.1. The van der Waals surface area contributed by atoms with Gasteiger partial charge in [0.25, 0.3) is 0 Å². The van der Waals surface area contributed by atoms with Gasteiger partial charge in [-0.05, 0) is 37.3 Å². The van der Waals surface area contributed by atoms with Crippen molar-refractivity contribution >= 4 is 32.4 Å². The van der Waals surface area contributed by atoms with Crippen molar-refractivity contribution in [2.75, 3.05) is 5.32 Å². The highest BCUT2D eigenvalue weighted by Gasteiger charge is 2.12. The Hall–Kier alpha value is -3.29. The van der Waals surface area contributed by atoms with Crippen molar-refractivity contribution in [2.24, 2.45) is 5.14 Å². The monoisotopic (exact) mass is 390 g/mol. The van der Waals surface area contributed by atoms with Gasteiger partial charge < -0.3 is 5.32 Å². The summed E-state index contributed by atoms with van der Waals surface area (Å²) in [7, 11) is -3.79. The van der Waals surface area contributed by atoms with Crippen LogP contribution in [0.25, 0.3) is 22.3 Å². The first-order valence-corrected chi connectivity index (χ1v) is 10.2. The van der Waals surface area contributed by atoms with Crippen molar-refractivity contribution in [2.45, 2.75) is 11.8 Å². The second-order valence-electron chi connectivity index (χ2n) is 6.48. The lowest BCUT2D eigenvalue weighted by Crippen LogP contribution is -2.12. The van der Waals surface area contributed by atoms with Crippen molar-refractivity contribution < 1.29 is 8.42 Å². The van der Waals surface area contributed by atoms with E-state index in [1.165, 1.54) is 12.1 Å². The Kier molecular flexibility index (Phi) is 4.54. The smallest absolute Gasteiger partial charge is 0.238 e. The van der Waals surface area contributed by atoms with Gasteiger partial charge in [0.15, 0.2) is 5.82 Å². The predicted octanol–water partition coefficient (Wildman–Crippen LogP) is 4.00. The predicted molar refractivity (Wildman–Crippen MR) is 111 cm³/mol. The number of aryl methyl sites for hydroxylation is 1. The molecule has 0 atom stereocenters. The van der Waals surface area contributed by atoms with Gasteiger partial charge >= 0.3 is 0 Å². The molecule has 0 bridgehead atoms. The van der Waals surface area contributed by atoms with Crippen LogP contribution in [0.1, 0.15) is 5.56 Å². The van der Waals surface area contributed by atoms with Crippen LogP contribution in [0.5, 0.6) is 0 Å². The summed E-state index contributed by atoms with van der Waals surface area (Å²) in [5.41, 5.74) is 3.42. The average Bonchev–Trinajstić information content (AvgIpc) is 2.68. The minimum absolute atomic E-state index is 0.0367. The van der Waals surface area contributed by atoms with Crippen molar-refractivity contribution in [1.82, 2.24) is 9.97 Å². The number of hydrogen-bond donors (Lipinski definition) is 2. The second-order valence-corrected chi connectivity index (χ2v) is 8.04. The molecule has 0 radical (unpaired) electrons. The highest BCUT2D eigenvalue weighted by Crippen LogP contribution is 2.28. The molecule has 7 heteroatoms. The minimum atomic E-state index is -3.79. The highest BCUT2D eigenvalue weighted by atomic mass is 32.2. The summed E-state index contributed by atoms with van der Waals surface area (Å²) in [5, 5.41) is 9.28. The van der Waals surface area contributed by atoms with E-state index >= 15 is 0 Å². The van der Waals surface area contributed by atoms with E-state index in [1.807, 2.05) is 55.5 Å². The highest BCUT2D eigenvalue weighted by molar-refractivity contribution is 7.89. The lowest BCUT2D eigenvalue weighted by atomic mass is 10.1. The maximum atomic E-state index is 11.6. The van der Waals surface area contributed by atoms with Gasteiger partial charge in [0.1, 0.15) is 5.82 Å². The zero-order valence-corrected chi connectivity index (χ0v) is 15.9. The molecule has 0 spiro atoms. The Balaban J connectivity index is 1.83. The van der Waals surface area contributed by atoms with E-state index in [-0.39, 0.29) is 4.90 Å².